The van der Waals surface area contributed by atoms with Gasteiger partial charge in [-0.15, -0.1) is 0 Å². The van der Waals surface area contributed by atoms with E-state index in [1.807, 2.05) is 20.8 Å². The number of carbonyl (C=O) groups excluding carboxylic acids is 1. The third-order valence-electron chi connectivity index (χ3n) is 4.92. The fraction of sp³-hybridized carbons (Fsp3) is 0.409. The Morgan fingerprint density at radius 2 is 1.71 bits per heavy atom. The molecule has 1 aliphatic carbocycles. The Bertz CT molecular complexity index is 856. The molecule has 2 aromatic rings. The first-order valence-corrected chi connectivity index (χ1v) is 9.33. The number of carbonyl (C=O) groups is 1. The summed E-state index contributed by atoms with van der Waals surface area (Å²) in [6, 6.07) is 13.1. The molecule has 0 fully saturated rings. The van der Waals surface area contributed by atoms with Crippen LogP contribution in [-0.2, 0) is 16.8 Å². The van der Waals surface area contributed by atoms with Gasteiger partial charge in [-0.1, -0.05) is 45.0 Å². The second kappa shape index (κ2) is 7.15. The lowest BCUT2D eigenvalue weighted by molar-refractivity contribution is -0.181. The van der Waals surface area contributed by atoms with Crippen LogP contribution < -0.4 is 10.6 Å². The molecule has 3 nitrogen and oxygen atoms in total. The van der Waals surface area contributed by atoms with Crippen molar-refractivity contribution >= 4 is 17.3 Å². The molecule has 1 aliphatic rings. The summed E-state index contributed by atoms with van der Waals surface area (Å²) in [6.45, 7) is 5.88. The largest absolute Gasteiger partial charge is 0.415 e. The molecule has 0 saturated carbocycles. The lowest BCUT2D eigenvalue weighted by atomic mass is 9.90. The fourth-order valence-electron chi connectivity index (χ4n) is 3.70. The average Bonchev–Trinajstić information content (AvgIpc) is 2.93. The van der Waals surface area contributed by atoms with E-state index in [2.05, 4.69) is 10.6 Å². The SMILES string of the molecule is CC(C)(C)CC(=O)Nc1ccc2c(c1)CCC2(Nc1ccccc1)C(F)(F)F. The van der Waals surface area contributed by atoms with E-state index in [1.165, 1.54) is 6.07 Å². The highest BCUT2D eigenvalue weighted by Crippen LogP contribution is 2.50. The molecule has 0 aliphatic heterocycles. The Morgan fingerprint density at radius 1 is 1.04 bits per heavy atom. The van der Waals surface area contributed by atoms with Crippen molar-refractivity contribution in [3.63, 3.8) is 0 Å². The van der Waals surface area contributed by atoms with Gasteiger partial charge >= 0.3 is 6.18 Å². The zero-order chi connectivity index (χ0) is 20.6. The van der Waals surface area contributed by atoms with Gasteiger partial charge in [-0.05, 0) is 53.6 Å². The highest BCUT2D eigenvalue weighted by atomic mass is 19.4. The molecular formula is C22H25F3N2O. The summed E-state index contributed by atoms with van der Waals surface area (Å²) in [5, 5.41) is 5.53. The molecule has 1 unspecified atom stereocenters. The summed E-state index contributed by atoms with van der Waals surface area (Å²) in [7, 11) is 0. The van der Waals surface area contributed by atoms with Crippen LogP contribution in [0.3, 0.4) is 0 Å². The summed E-state index contributed by atoms with van der Waals surface area (Å²) in [4.78, 5) is 12.2. The molecule has 0 heterocycles. The number of aryl methyl sites for hydroxylation is 1. The number of benzene rings is 2. The van der Waals surface area contributed by atoms with Gasteiger partial charge in [0.15, 0.2) is 5.54 Å². The van der Waals surface area contributed by atoms with Crippen LogP contribution in [0.5, 0.6) is 0 Å². The number of para-hydroxylation sites is 1. The van der Waals surface area contributed by atoms with E-state index in [0.717, 1.165) is 0 Å². The molecular weight excluding hydrogens is 365 g/mol. The maximum Gasteiger partial charge on any atom is 0.415 e. The normalized spacial score (nSPS) is 19.2. The van der Waals surface area contributed by atoms with Gasteiger partial charge in [0, 0.05) is 17.8 Å². The number of hydrogen-bond acceptors (Lipinski definition) is 2. The maximum absolute atomic E-state index is 14.1. The molecule has 1 atom stereocenters. The minimum atomic E-state index is -4.45. The van der Waals surface area contributed by atoms with E-state index in [0.29, 0.717) is 23.4 Å². The van der Waals surface area contributed by atoms with Crippen LogP contribution in [0.1, 0.15) is 44.7 Å². The van der Waals surface area contributed by atoms with Crippen LogP contribution >= 0.6 is 0 Å². The lowest BCUT2D eigenvalue weighted by Gasteiger charge is -2.35. The molecule has 2 N–H and O–H groups in total. The van der Waals surface area contributed by atoms with Crippen molar-refractivity contribution in [1.29, 1.82) is 0 Å². The predicted molar refractivity (Wildman–Crippen MR) is 105 cm³/mol. The monoisotopic (exact) mass is 390 g/mol. The second-order valence-electron chi connectivity index (χ2n) is 8.55. The summed E-state index contributed by atoms with van der Waals surface area (Å²) >= 11 is 0. The van der Waals surface area contributed by atoms with E-state index >= 15 is 0 Å². The van der Waals surface area contributed by atoms with Crippen LogP contribution in [0.25, 0.3) is 0 Å². The van der Waals surface area contributed by atoms with Gasteiger partial charge in [0.25, 0.3) is 0 Å². The van der Waals surface area contributed by atoms with Gasteiger partial charge < -0.3 is 10.6 Å². The van der Waals surface area contributed by atoms with Gasteiger partial charge in [-0.25, -0.2) is 0 Å². The number of anilines is 2. The van der Waals surface area contributed by atoms with Gasteiger partial charge in [0.05, 0.1) is 0 Å². The zero-order valence-electron chi connectivity index (χ0n) is 16.3. The molecule has 0 spiro atoms. The van der Waals surface area contributed by atoms with Crippen molar-refractivity contribution in [1.82, 2.24) is 0 Å². The van der Waals surface area contributed by atoms with Crippen LogP contribution in [0.4, 0.5) is 24.5 Å². The Labute approximate surface area is 163 Å². The van der Waals surface area contributed by atoms with Crippen molar-refractivity contribution in [3.8, 4) is 0 Å². The highest BCUT2D eigenvalue weighted by Gasteiger charge is 2.59. The average molecular weight is 390 g/mol. The minimum absolute atomic E-state index is 0.0832. The van der Waals surface area contributed by atoms with Gasteiger partial charge in [-0.2, -0.15) is 13.2 Å². The third-order valence-corrected chi connectivity index (χ3v) is 4.92. The topological polar surface area (TPSA) is 41.1 Å². The second-order valence-corrected chi connectivity index (χ2v) is 8.55. The van der Waals surface area contributed by atoms with E-state index in [4.69, 9.17) is 0 Å². The Morgan fingerprint density at radius 3 is 2.32 bits per heavy atom. The number of amides is 1. The van der Waals surface area contributed by atoms with Crippen LogP contribution in [0, 0.1) is 5.41 Å². The molecule has 1 amide bonds. The molecule has 28 heavy (non-hydrogen) atoms. The fourth-order valence-corrected chi connectivity index (χ4v) is 3.70. The number of halogens is 3. The highest BCUT2D eigenvalue weighted by molar-refractivity contribution is 5.91. The Hall–Kier alpha value is -2.50. The molecule has 0 saturated heterocycles. The summed E-state index contributed by atoms with van der Waals surface area (Å²) in [5.74, 6) is -0.144. The Kier molecular flexibility index (Phi) is 5.17. The van der Waals surface area contributed by atoms with Crippen molar-refractivity contribution < 1.29 is 18.0 Å². The molecule has 2 aromatic carbocycles. The lowest BCUT2D eigenvalue weighted by Crippen LogP contribution is -2.47. The van der Waals surface area contributed by atoms with Gasteiger partial charge in [-0.3, -0.25) is 4.79 Å². The number of rotatable bonds is 4. The third kappa shape index (κ3) is 4.16. The number of hydrogen-bond donors (Lipinski definition) is 2. The standard InChI is InChI=1S/C22H25F3N2O/c1-20(2,3)14-19(28)26-17-9-10-18-15(13-17)11-12-21(18,22(23,24)25)27-16-7-5-4-6-8-16/h4-10,13,27H,11-12,14H2,1-3H3,(H,26,28). The predicted octanol–water partition coefficient (Wildman–Crippen LogP) is 5.88. The van der Waals surface area contributed by atoms with Crippen LogP contribution in [0.2, 0.25) is 0 Å². The van der Waals surface area contributed by atoms with Gasteiger partial charge in [0.2, 0.25) is 5.91 Å². The molecule has 3 rings (SSSR count). The van der Waals surface area contributed by atoms with Crippen molar-refractivity contribution in [2.45, 2.75) is 51.7 Å². The maximum atomic E-state index is 14.1. The first-order valence-electron chi connectivity index (χ1n) is 9.33. The van der Waals surface area contributed by atoms with E-state index < -0.39 is 11.7 Å². The molecule has 0 aromatic heterocycles. The smallest absolute Gasteiger partial charge is 0.368 e. The molecule has 6 heteroatoms. The summed E-state index contributed by atoms with van der Waals surface area (Å²) in [5.41, 5.74) is -0.503. The Balaban J connectivity index is 1.90. The summed E-state index contributed by atoms with van der Waals surface area (Å²) in [6.07, 6.45) is -3.91. The zero-order valence-corrected chi connectivity index (χ0v) is 16.3. The molecule has 0 radical (unpaired) electrons. The quantitative estimate of drug-likeness (QED) is 0.685. The molecule has 150 valence electrons. The van der Waals surface area contributed by atoms with Crippen molar-refractivity contribution in [2.24, 2.45) is 5.41 Å². The van der Waals surface area contributed by atoms with Crippen molar-refractivity contribution in [2.75, 3.05) is 10.6 Å². The minimum Gasteiger partial charge on any atom is -0.368 e. The van der Waals surface area contributed by atoms with Crippen molar-refractivity contribution in [3.05, 3.63) is 59.7 Å². The number of alkyl halides is 3. The van der Waals surface area contributed by atoms with E-state index in [9.17, 15) is 18.0 Å². The van der Waals surface area contributed by atoms with Crippen LogP contribution in [-0.4, -0.2) is 12.1 Å². The van der Waals surface area contributed by atoms with Crippen LogP contribution in [0.15, 0.2) is 48.5 Å². The van der Waals surface area contributed by atoms with E-state index in [-0.39, 0.29) is 29.7 Å². The number of nitrogens with one attached hydrogen (secondary N) is 2. The summed E-state index contributed by atoms with van der Waals surface area (Å²) < 4.78 is 42.4. The first kappa shape index (κ1) is 20.2. The first-order chi connectivity index (χ1) is 13.0. The number of fused-ring (bicyclic) bond motifs is 1. The molecule has 0 bridgehead atoms. The van der Waals surface area contributed by atoms with Gasteiger partial charge in [0.1, 0.15) is 0 Å². The van der Waals surface area contributed by atoms with E-state index in [1.54, 1.807) is 42.5 Å².